The average Bonchev–Trinajstić information content (AvgIpc) is 1.97. The third-order valence-electron chi connectivity index (χ3n) is 1.04. The molecular formula is C8H16N2O. The Morgan fingerprint density at radius 1 is 1.36 bits per heavy atom. The molecule has 0 fully saturated rings. The van der Waals surface area contributed by atoms with Crippen molar-refractivity contribution < 1.29 is 4.84 Å². The fourth-order valence-corrected chi connectivity index (χ4v) is 0.467. The van der Waals surface area contributed by atoms with E-state index in [4.69, 9.17) is 4.84 Å². The third-order valence-corrected chi connectivity index (χ3v) is 1.04. The van der Waals surface area contributed by atoms with Gasteiger partial charge in [-0.3, -0.25) is 9.90 Å². The lowest BCUT2D eigenvalue weighted by Gasteiger charge is -2.11. The van der Waals surface area contributed by atoms with Gasteiger partial charge in [-0.15, -0.1) is 0 Å². The van der Waals surface area contributed by atoms with Crippen LogP contribution in [-0.2, 0) is 4.84 Å². The Balaban J connectivity index is 3.33. The summed E-state index contributed by atoms with van der Waals surface area (Å²) in [5.41, 5.74) is 0. The first-order chi connectivity index (χ1) is 5.16. The molecule has 0 radical (unpaired) electrons. The number of hydroxylamine groups is 2. The van der Waals surface area contributed by atoms with Gasteiger partial charge in [0.25, 0.3) is 0 Å². The van der Waals surface area contributed by atoms with Crippen LogP contribution in [0.5, 0.6) is 0 Å². The van der Waals surface area contributed by atoms with Gasteiger partial charge in [-0.25, -0.2) is 0 Å². The second kappa shape index (κ2) is 5.80. The average molecular weight is 156 g/mol. The molecule has 0 aliphatic heterocycles. The van der Waals surface area contributed by atoms with E-state index in [1.807, 2.05) is 31.3 Å². The van der Waals surface area contributed by atoms with Gasteiger partial charge in [0.05, 0.1) is 6.61 Å². The molecule has 0 aliphatic rings. The Kier molecular flexibility index (Phi) is 5.29. The van der Waals surface area contributed by atoms with Crippen molar-refractivity contribution in [1.82, 2.24) is 9.96 Å². The van der Waals surface area contributed by atoms with E-state index in [-0.39, 0.29) is 0 Å². The SMILES string of the molecule is C=CN(C)OC/C=C\N(C)C. The van der Waals surface area contributed by atoms with Crippen LogP contribution in [0.2, 0.25) is 0 Å². The molecule has 0 aliphatic carbocycles. The zero-order valence-electron chi connectivity index (χ0n) is 7.45. The van der Waals surface area contributed by atoms with Gasteiger partial charge < -0.3 is 4.90 Å². The van der Waals surface area contributed by atoms with Crippen molar-refractivity contribution in [3.8, 4) is 0 Å². The van der Waals surface area contributed by atoms with Gasteiger partial charge in [0.1, 0.15) is 0 Å². The molecule has 0 spiro atoms. The molecule has 3 nitrogen and oxygen atoms in total. The summed E-state index contributed by atoms with van der Waals surface area (Å²) in [5.74, 6) is 0. The third kappa shape index (κ3) is 6.93. The molecule has 0 heterocycles. The van der Waals surface area contributed by atoms with E-state index in [1.165, 1.54) is 0 Å². The summed E-state index contributed by atoms with van der Waals surface area (Å²) in [6, 6.07) is 0. The lowest BCUT2D eigenvalue weighted by molar-refractivity contribution is -0.0856. The predicted molar refractivity (Wildman–Crippen MR) is 46.7 cm³/mol. The van der Waals surface area contributed by atoms with Gasteiger partial charge in [0.15, 0.2) is 0 Å². The number of rotatable bonds is 5. The van der Waals surface area contributed by atoms with Crippen molar-refractivity contribution in [3.05, 3.63) is 25.1 Å². The maximum atomic E-state index is 5.14. The Labute approximate surface area is 68.5 Å². The highest BCUT2D eigenvalue weighted by atomic mass is 16.7. The van der Waals surface area contributed by atoms with Crippen LogP contribution in [0.4, 0.5) is 0 Å². The molecule has 0 N–H and O–H groups in total. The molecule has 0 saturated heterocycles. The summed E-state index contributed by atoms with van der Waals surface area (Å²) in [7, 11) is 5.73. The summed E-state index contributed by atoms with van der Waals surface area (Å²) < 4.78 is 0. The van der Waals surface area contributed by atoms with E-state index in [0.717, 1.165) is 0 Å². The fourth-order valence-electron chi connectivity index (χ4n) is 0.467. The van der Waals surface area contributed by atoms with Crippen molar-refractivity contribution in [1.29, 1.82) is 0 Å². The lowest BCUT2D eigenvalue weighted by atomic mass is 10.6. The fraction of sp³-hybridized carbons (Fsp3) is 0.500. The Morgan fingerprint density at radius 2 is 2.00 bits per heavy atom. The number of hydrogen-bond donors (Lipinski definition) is 0. The number of hydrogen-bond acceptors (Lipinski definition) is 3. The predicted octanol–water partition coefficient (Wildman–Crippen LogP) is 1.07. The molecule has 0 rings (SSSR count). The quantitative estimate of drug-likeness (QED) is 0.554. The van der Waals surface area contributed by atoms with Crippen LogP contribution in [0.1, 0.15) is 0 Å². The summed E-state index contributed by atoms with van der Waals surface area (Å²) in [5, 5.41) is 1.57. The van der Waals surface area contributed by atoms with Crippen molar-refractivity contribution >= 4 is 0 Å². The van der Waals surface area contributed by atoms with Gasteiger partial charge in [0.2, 0.25) is 0 Å². The molecule has 0 aromatic rings. The second-order valence-electron chi connectivity index (χ2n) is 2.37. The molecule has 3 heteroatoms. The van der Waals surface area contributed by atoms with Crippen molar-refractivity contribution in [3.63, 3.8) is 0 Å². The molecule has 11 heavy (non-hydrogen) atoms. The molecule has 0 aromatic heterocycles. The minimum absolute atomic E-state index is 0.570. The molecule has 0 bridgehead atoms. The summed E-state index contributed by atoms with van der Waals surface area (Å²) in [6.45, 7) is 4.11. The van der Waals surface area contributed by atoms with E-state index >= 15 is 0 Å². The Hall–Kier alpha value is -0.960. The van der Waals surface area contributed by atoms with Crippen LogP contribution in [0.15, 0.2) is 25.1 Å². The zero-order chi connectivity index (χ0) is 8.69. The monoisotopic (exact) mass is 156 g/mol. The highest BCUT2D eigenvalue weighted by Gasteiger charge is 1.84. The molecule has 0 saturated carbocycles. The molecular weight excluding hydrogens is 140 g/mol. The van der Waals surface area contributed by atoms with Gasteiger partial charge >= 0.3 is 0 Å². The highest BCUT2D eigenvalue weighted by molar-refractivity contribution is 4.78. The van der Waals surface area contributed by atoms with Crippen LogP contribution >= 0.6 is 0 Å². The normalized spacial score (nSPS) is 10.1. The van der Waals surface area contributed by atoms with E-state index in [1.54, 1.807) is 18.3 Å². The number of nitrogens with zero attached hydrogens (tertiary/aromatic N) is 2. The van der Waals surface area contributed by atoms with Gasteiger partial charge in [-0.1, -0.05) is 6.58 Å². The van der Waals surface area contributed by atoms with Crippen LogP contribution < -0.4 is 0 Å². The van der Waals surface area contributed by atoms with Crippen LogP contribution in [-0.4, -0.2) is 37.7 Å². The largest absolute Gasteiger partial charge is 0.384 e. The first-order valence-corrected chi connectivity index (χ1v) is 3.48. The topological polar surface area (TPSA) is 15.7 Å². The van der Waals surface area contributed by atoms with Gasteiger partial charge in [0, 0.05) is 27.3 Å². The molecule has 0 amide bonds. The van der Waals surface area contributed by atoms with Crippen molar-refractivity contribution in [2.24, 2.45) is 0 Å². The Bertz CT molecular complexity index is 132. The maximum absolute atomic E-state index is 5.14. The summed E-state index contributed by atoms with van der Waals surface area (Å²) in [4.78, 5) is 7.10. The molecule has 0 unspecified atom stereocenters. The maximum Gasteiger partial charge on any atom is 0.0946 e. The lowest BCUT2D eigenvalue weighted by Crippen LogP contribution is -2.11. The van der Waals surface area contributed by atoms with Crippen molar-refractivity contribution in [2.45, 2.75) is 0 Å². The Morgan fingerprint density at radius 3 is 2.45 bits per heavy atom. The highest BCUT2D eigenvalue weighted by Crippen LogP contribution is 1.85. The standard InChI is InChI=1S/C8H16N2O/c1-5-10(4)11-8-6-7-9(2)3/h5-7H,1,8H2,2-4H3/b7-6-. The van der Waals surface area contributed by atoms with Crippen LogP contribution in [0.3, 0.4) is 0 Å². The van der Waals surface area contributed by atoms with Gasteiger partial charge in [-0.2, -0.15) is 0 Å². The van der Waals surface area contributed by atoms with E-state index < -0.39 is 0 Å². The molecule has 0 atom stereocenters. The van der Waals surface area contributed by atoms with E-state index in [0.29, 0.717) is 6.61 Å². The summed E-state index contributed by atoms with van der Waals surface area (Å²) in [6.07, 6.45) is 5.49. The van der Waals surface area contributed by atoms with Crippen LogP contribution in [0.25, 0.3) is 0 Å². The minimum Gasteiger partial charge on any atom is -0.384 e. The summed E-state index contributed by atoms with van der Waals surface area (Å²) >= 11 is 0. The van der Waals surface area contributed by atoms with Crippen LogP contribution in [0, 0.1) is 0 Å². The van der Waals surface area contributed by atoms with E-state index in [2.05, 4.69) is 6.58 Å². The van der Waals surface area contributed by atoms with E-state index in [9.17, 15) is 0 Å². The second-order valence-corrected chi connectivity index (χ2v) is 2.37. The first-order valence-electron chi connectivity index (χ1n) is 3.48. The molecule has 64 valence electrons. The smallest absolute Gasteiger partial charge is 0.0946 e. The first kappa shape index (κ1) is 10.0. The van der Waals surface area contributed by atoms with Gasteiger partial charge in [-0.05, 0) is 12.3 Å². The molecule has 0 aromatic carbocycles. The van der Waals surface area contributed by atoms with Crippen molar-refractivity contribution in [2.75, 3.05) is 27.7 Å². The minimum atomic E-state index is 0.570. The zero-order valence-corrected chi connectivity index (χ0v) is 7.45.